The summed E-state index contributed by atoms with van der Waals surface area (Å²) in [6.07, 6.45) is 4.56. The van der Waals surface area contributed by atoms with Gasteiger partial charge in [0, 0.05) is 12.8 Å². The van der Waals surface area contributed by atoms with Gasteiger partial charge in [-0.3, -0.25) is 14.9 Å². The Morgan fingerprint density at radius 3 is 2.80 bits per heavy atom. The van der Waals surface area contributed by atoms with E-state index in [0.29, 0.717) is 6.04 Å². The zero-order valence-corrected chi connectivity index (χ0v) is 12.9. The zero-order chi connectivity index (χ0) is 14.8. The number of hydrogen-bond acceptors (Lipinski definition) is 4. The lowest BCUT2D eigenvalue weighted by Gasteiger charge is -2.29. The number of carbonyl (C=O) groups excluding carboxylic acids is 1. The Morgan fingerprint density at radius 2 is 2.25 bits per heavy atom. The first-order valence-corrected chi connectivity index (χ1v) is 7.48. The van der Waals surface area contributed by atoms with Crippen LogP contribution in [0, 0.1) is 0 Å². The fourth-order valence-corrected chi connectivity index (χ4v) is 2.52. The number of rotatable bonds is 2. The van der Waals surface area contributed by atoms with Crippen molar-refractivity contribution in [1.82, 2.24) is 4.90 Å². The van der Waals surface area contributed by atoms with Crippen molar-refractivity contribution < 1.29 is 9.53 Å². The molecule has 2 unspecified atom stereocenters. The summed E-state index contributed by atoms with van der Waals surface area (Å²) in [5.74, 6) is 0. The van der Waals surface area contributed by atoms with Crippen LogP contribution < -0.4 is 0 Å². The van der Waals surface area contributed by atoms with E-state index in [-0.39, 0.29) is 12.1 Å². The average Bonchev–Trinajstić information content (AvgIpc) is 2.86. The molecule has 2 atom stereocenters. The third-order valence-electron chi connectivity index (χ3n) is 3.60. The number of likely N-dealkylation sites (tertiary alicyclic amines) is 1. The van der Waals surface area contributed by atoms with Gasteiger partial charge in [0.1, 0.15) is 5.60 Å². The van der Waals surface area contributed by atoms with Gasteiger partial charge < -0.3 is 4.74 Å². The highest BCUT2D eigenvalue weighted by atomic mass is 16.6. The molecule has 2 aliphatic rings. The third-order valence-corrected chi connectivity index (χ3v) is 3.60. The lowest BCUT2D eigenvalue weighted by molar-refractivity contribution is 0.0267. The van der Waals surface area contributed by atoms with Crippen LogP contribution in [0.4, 0.5) is 4.79 Å². The van der Waals surface area contributed by atoms with Crippen molar-refractivity contribution >= 4 is 18.0 Å². The van der Waals surface area contributed by atoms with Crippen molar-refractivity contribution in [2.24, 2.45) is 9.98 Å². The van der Waals surface area contributed by atoms with E-state index in [1.54, 1.807) is 4.90 Å². The fraction of sp³-hybridized carbons (Fsp3) is 0.800. The lowest BCUT2D eigenvalue weighted by Crippen LogP contribution is -2.44. The van der Waals surface area contributed by atoms with Gasteiger partial charge in [-0.05, 0) is 40.0 Å². The van der Waals surface area contributed by atoms with Crippen molar-refractivity contribution in [2.75, 3.05) is 13.1 Å². The molecule has 2 rings (SSSR count). The van der Waals surface area contributed by atoms with Crippen molar-refractivity contribution in [3.63, 3.8) is 0 Å². The summed E-state index contributed by atoms with van der Waals surface area (Å²) >= 11 is 0. The van der Waals surface area contributed by atoms with Gasteiger partial charge in [0.15, 0.2) is 0 Å². The molecular formula is C15H25N3O2. The van der Waals surface area contributed by atoms with Gasteiger partial charge in [0.05, 0.1) is 24.3 Å². The molecule has 0 aliphatic carbocycles. The minimum Gasteiger partial charge on any atom is -0.444 e. The van der Waals surface area contributed by atoms with E-state index < -0.39 is 5.60 Å². The van der Waals surface area contributed by atoms with E-state index in [0.717, 1.165) is 38.1 Å². The Bertz CT molecular complexity index is 423. The Hall–Kier alpha value is -1.39. The molecule has 0 aromatic heterocycles. The van der Waals surface area contributed by atoms with Crippen LogP contribution in [-0.4, -0.2) is 53.7 Å². The van der Waals surface area contributed by atoms with Gasteiger partial charge >= 0.3 is 6.09 Å². The normalized spacial score (nSPS) is 26.6. The van der Waals surface area contributed by atoms with Crippen LogP contribution in [0.3, 0.4) is 0 Å². The topological polar surface area (TPSA) is 54.3 Å². The predicted molar refractivity (Wildman–Crippen MR) is 80.8 cm³/mol. The molecule has 1 saturated heterocycles. The van der Waals surface area contributed by atoms with E-state index in [4.69, 9.17) is 4.74 Å². The van der Waals surface area contributed by atoms with Crippen LogP contribution in [0.25, 0.3) is 0 Å². The quantitative estimate of drug-likeness (QED) is 0.780. The minimum absolute atomic E-state index is 0.0337. The van der Waals surface area contributed by atoms with Crippen LogP contribution >= 0.6 is 0 Å². The van der Waals surface area contributed by atoms with Crippen molar-refractivity contribution in [2.45, 2.75) is 64.6 Å². The summed E-state index contributed by atoms with van der Waals surface area (Å²) in [4.78, 5) is 23.2. The van der Waals surface area contributed by atoms with Crippen LogP contribution in [0.5, 0.6) is 0 Å². The largest absolute Gasteiger partial charge is 0.444 e. The molecule has 1 amide bonds. The number of hydrogen-bond donors (Lipinski definition) is 0. The first-order valence-electron chi connectivity index (χ1n) is 7.48. The van der Waals surface area contributed by atoms with Gasteiger partial charge in [-0.2, -0.15) is 0 Å². The maximum atomic E-state index is 12.2. The molecule has 0 saturated carbocycles. The Kier molecular flexibility index (Phi) is 4.45. The van der Waals surface area contributed by atoms with Crippen LogP contribution in [-0.2, 0) is 4.74 Å². The molecule has 2 aliphatic heterocycles. The van der Waals surface area contributed by atoms with Gasteiger partial charge in [0.25, 0.3) is 0 Å². The van der Waals surface area contributed by atoms with Gasteiger partial charge in [-0.1, -0.05) is 6.92 Å². The average molecular weight is 279 g/mol. The van der Waals surface area contributed by atoms with E-state index in [9.17, 15) is 4.79 Å². The molecule has 0 bridgehead atoms. The van der Waals surface area contributed by atoms with E-state index >= 15 is 0 Å². The summed E-state index contributed by atoms with van der Waals surface area (Å²) in [5, 5.41) is 0. The maximum Gasteiger partial charge on any atom is 0.410 e. The molecule has 0 aromatic rings. The zero-order valence-electron chi connectivity index (χ0n) is 12.9. The molecule has 0 radical (unpaired) electrons. The molecular weight excluding hydrogens is 254 g/mol. The Labute approximate surface area is 121 Å². The standard InChI is InChI=1S/C15H25N3O2/c1-5-11-9-17-12(10-16-11)13-7-6-8-18(13)14(19)20-15(2,3)4/h10-11,13H,5-9H2,1-4H3. The van der Waals surface area contributed by atoms with Gasteiger partial charge in [-0.25, -0.2) is 4.79 Å². The molecule has 20 heavy (non-hydrogen) atoms. The highest BCUT2D eigenvalue weighted by Gasteiger charge is 2.35. The van der Waals surface area contributed by atoms with Crippen molar-refractivity contribution in [3.8, 4) is 0 Å². The number of aliphatic imine (C=N–C) groups is 2. The minimum atomic E-state index is -0.458. The Balaban J connectivity index is 2.03. The number of amides is 1. The smallest absolute Gasteiger partial charge is 0.410 e. The Morgan fingerprint density at radius 1 is 1.50 bits per heavy atom. The molecule has 5 nitrogen and oxygen atoms in total. The molecule has 0 N–H and O–H groups in total. The highest BCUT2D eigenvalue weighted by molar-refractivity contribution is 6.33. The lowest BCUT2D eigenvalue weighted by atomic mass is 10.1. The van der Waals surface area contributed by atoms with Gasteiger partial charge in [-0.15, -0.1) is 0 Å². The molecule has 5 heteroatoms. The molecule has 0 spiro atoms. The summed E-state index contributed by atoms with van der Waals surface area (Å²) < 4.78 is 5.47. The fourth-order valence-electron chi connectivity index (χ4n) is 2.52. The van der Waals surface area contributed by atoms with Crippen molar-refractivity contribution in [3.05, 3.63) is 0 Å². The second-order valence-electron chi connectivity index (χ2n) is 6.44. The summed E-state index contributed by atoms with van der Waals surface area (Å²) in [6.45, 7) is 9.26. The number of ether oxygens (including phenoxy) is 1. The van der Waals surface area contributed by atoms with Crippen LogP contribution in [0.1, 0.15) is 47.0 Å². The molecule has 1 fully saturated rings. The van der Waals surface area contributed by atoms with E-state index in [1.807, 2.05) is 27.0 Å². The van der Waals surface area contributed by atoms with Crippen LogP contribution in [0.2, 0.25) is 0 Å². The van der Waals surface area contributed by atoms with Crippen LogP contribution in [0.15, 0.2) is 9.98 Å². The second kappa shape index (κ2) is 5.94. The highest BCUT2D eigenvalue weighted by Crippen LogP contribution is 2.22. The second-order valence-corrected chi connectivity index (χ2v) is 6.44. The SMILES string of the molecule is CCC1CN=C(C2CCCN2C(=O)OC(C)(C)C)C=N1. The molecule has 2 heterocycles. The third kappa shape index (κ3) is 3.58. The number of carbonyl (C=O) groups is 1. The molecule has 112 valence electrons. The maximum absolute atomic E-state index is 12.2. The van der Waals surface area contributed by atoms with E-state index in [1.165, 1.54) is 0 Å². The van der Waals surface area contributed by atoms with Crippen molar-refractivity contribution in [1.29, 1.82) is 0 Å². The summed E-state index contributed by atoms with van der Waals surface area (Å²) in [6, 6.07) is 0.335. The summed E-state index contributed by atoms with van der Waals surface area (Å²) in [5.41, 5.74) is 0.470. The monoisotopic (exact) mass is 279 g/mol. The molecule has 0 aromatic carbocycles. The van der Waals surface area contributed by atoms with Gasteiger partial charge in [0.2, 0.25) is 0 Å². The summed E-state index contributed by atoms with van der Waals surface area (Å²) in [7, 11) is 0. The number of nitrogens with zero attached hydrogens (tertiary/aromatic N) is 3. The first-order chi connectivity index (χ1) is 9.40. The first kappa shape index (κ1) is 15.0. The predicted octanol–water partition coefficient (Wildman–Crippen LogP) is 2.69. The van der Waals surface area contributed by atoms with E-state index in [2.05, 4.69) is 16.9 Å².